The minimum atomic E-state index is -0.452. The first-order valence-corrected chi connectivity index (χ1v) is 9.34. The van der Waals surface area contributed by atoms with E-state index in [1.807, 2.05) is 0 Å². The number of allylic oxidation sites excluding steroid dienone is 4. The van der Waals surface area contributed by atoms with Crippen LogP contribution in [0.1, 0.15) is 84.5 Å². The third-order valence-electron chi connectivity index (χ3n) is 4.17. The number of nitrogens with two attached hydrogens (primary N) is 1. The van der Waals surface area contributed by atoms with Gasteiger partial charge in [0.05, 0.1) is 6.10 Å². The van der Waals surface area contributed by atoms with E-state index >= 15 is 0 Å². The fourth-order valence-electron chi connectivity index (χ4n) is 2.64. The summed E-state index contributed by atoms with van der Waals surface area (Å²) in [6, 6.07) is 0. The molecule has 2 unspecified atom stereocenters. The SMILES string of the molecule is CCCCC/C=C\C/C=C\CCCCCC(CC(N)=O)C(C)O. The first-order valence-electron chi connectivity index (χ1n) is 9.34. The fraction of sp³-hybridized carbons (Fsp3) is 0.750. The quantitative estimate of drug-likeness (QED) is 0.333. The number of aliphatic hydroxyl groups excluding tert-OH is 1. The van der Waals surface area contributed by atoms with Gasteiger partial charge in [0.1, 0.15) is 0 Å². The van der Waals surface area contributed by atoms with E-state index in [2.05, 4.69) is 31.2 Å². The first kappa shape index (κ1) is 21.9. The van der Waals surface area contributed by atoms with Crippen molar-refractivity contribution in [2.24, 2.45) is 11.7 Å². The Bertz CT molecular complexity index is 335. The standard InChI is InChI=1S/C20H37NO2/c1-3-4-5-6-7-8-9-10-11-12-13-14-15-16-19(18(2)22)17-20(21)23/h7-8,10-11,18-19,22H,3-6,9,12-17H2,1-2H3,(H2,21,23)/b8-7-,11-10-. The van der Waals surface area contributed by atoms with Crippen LogP contribution in [0.5, 0.6) is 0 Å². The van der Waals surface area contributed by atoms with Gasteiger partial charge < -0.3 is 10.8 Å². The molecule has 0 radical (unpaired) electrons. The van der Waals surface area contributed by atoms with Gasteiger partial charge in [0.25, 0.3) is 0 Å². The average molecular weight is 324 g/mol. The second-order valence-electron chi connectivity index (χ2n) is 6.48. The third kappa shape index (κ3) is 15.6. The highest BCUT2D eigenvalue weighted by molar-refractivity contribution is 5.74. The predicted molar refractivity (Wildman–Crippen MR) is 99.1 cm³/mol. The Morgan fingerprint density at radius 3 is 2.13 bits per heavy atom. The zero-order chi connectivity index (χ0) is 17.3. The minimum absolute atomic E-state index is 0.0147. The molecule has 0 rings (SSSR count). The number of aliphatic hydroxyl groups is 1. The third-order valence-corrected chi connectivity index (χ3v) is 4.17. The summed E-state index contributed by atoms with van der Waals surface area (Å²) in [6.45, 7) is 3.97. The molecule has 0 bridgehead atoms. The average Bonchev–Trinajstić information content (AvgIpc) is 2.50. The summed E-state index contributed by atoms with van der Waals surface area (Å²) in [5.74, 6) is -0.303. The zero-order valence-electron chi connectivity index (χ0n) is 15.2. The molecule has 0 aliphatic carbocycles. The lowest BCUT2D eigenvalue weighted by molar-refractivity contribution is -0.119. The van der Waals surface area contributed by atoms with Gasteiger partial charge in [-0.05, 0) is 51.4 Å². The van der Waals surface area contributed by atoms with Crippen LogP contribution in [0.4, 0.5) is 0 Å². The highest BCUT2D eigenvalue weighted by Crippen LogP contribution is 2.18. The molecular formula is C20H37NO2. The van der Waals surface area contributed by atoms with Crippen molar-refractivity contribution < 1.29 is 9.90 Å². The zero-order valence-corrected chi connectivity index (χ0v) is 15.2. The van der Waals surface area contributed by atoms with Gasteiger partial charge in [-0.25, -0.2) is 0 Å². The van der Waals surface area contributed by atoms with Crippen LogP contribution < -0.4 is 5.73 Å². The van der Waals surface area contributed by atoms with Crippen LogP contribution in [0.25, 0.3) is 0 Å². The molecule has 0 fully saturated rings. The fourth-order valence-corrected chi connectivity index (χ4v) is 2.64. The molecule has 0 heterocycles. The van der Waals surface area contributed by atoms with Crippen LogP contribution >= 0.6 is 0 Å². The number of primary amides is 1. The van der Waals surface area contributed by atoms with Gasteiger partial charge in [-0.15, -0.1) is 0 Å². The molecule has 0 aromatic carbocycles. The van der Waals surface area contributed by atoms with Crippen molar-refractivity contribution >= 4 is 5.91 Å². The van der Waals surface area contributed by atoms with Crippen molar-refractivity contribution in [3.8, 4) is 0 Å². The lowest BCUT2D eigenvalue weighted by Gasteiger charge is -2.17. The number of unbranched alkanes of at least 4 members (excludes halogenated alkanes) is 6. The Morgan fingerprint density at radius 2 is 1.61 bits per heavy atom. The first-order chi connectivity index (χ1) is 11.1. The Morgan fingerprint density at radius 1 is 1.00 bits per heavy atom. The smallest absolute Gasteiger partial charge is 0.217 e. The molecule has 0 aromatic rings. The molecule has 134 valence electrons. The van der Waals surface area contributed by atoms with E-state index in [-0.39, 0.29) is 11.8 Å². The molecule has 3 heteroatoms. The second kappa shape index (κ2) is 15.8. The van der Waals surface area contributed by atoms with Crippen molar-refractivity contribution in [1.82, 2.24) is 0 Å². The van der Waals surface area contributed by atoms with Crippen molar-refractivity contribution in [2.75, 3.05) is 0 Å². The van der Waals surface area contributed by atoms with Gasteiger partial charge in [-0.1, -0.05) is 56.9 Å². The number of carbonyl (C=O) groups is 1. The Balaban J connectivity index is 3.53. The van der Waals surface area contributed by atoms with Crippen LogP contribution in [-0.4, -0.2) is 17.1 Å². The maximum atomic E-state index is 10.9. The van der Waals surface area contributed by atoms with Gasteiger partial charge >= 0.3 is 0 Å². The van der Waals surface area contributed by atoms with E-state index < -0.39 is 6.10 Å². The van der Waals surface area contributed by atoms with Crippen molar-refractivity contribution in [3.05, 3.63) is 24.3 Å². The molecule has 3 N–H and O–H groups in total. The maximum Gasteiger partial charge on any atom is 0.217 e. The molecule has 23 heavy (non-hydrogen) atoms. The molecular weight excluding hydrogens is 286 g/mol. The van der Waals surface area contributed by atoms with E-state index in [0.29, 0.717) is 6.42 Å². The number of rotatable bonds is 15. The van der Waals surface area contributed by atoms with E-state index in [4.69, 9.17) is 5.73 Å². The van der Waals surface area contributed by atoms with E-state index in [1.165, 1.54) is 32.1 Å². The Hall–Kier alpha value is -1.09. The monoisotopic (exact) mass is 323 g/mol. The summed E-state index contributed by atoms with van der Waals surface area (Å²) in [7, 11) is 0. The van der Waals surface area contributed by atoms with E-state index in [9.17, 15) is 9.90 Å². The molecule has 0 aromatic heterocycles. The Labute approximate surface area is 143 Å². The number of carbonyl (C=O) groups excluding carboxylic acids is 1. The van der Waals surface area contributed by atoms with Crippen molar-refractivity contribution in [2.45, 2.75) is 90.6 Å². The molecule has 0 aliphatic rings. The topological polar surface area (TPSA) is 63.3 Å². The van der Waals surface area contributed by atoms with Crippen molar-refractivity contribution in [3.63, 3.8) is 0 Å². The summed E-state index contributed by atoms with van der Waals surface area (Å²) >= 11 is 0. The van der Waals surface area contributed by atoms with Crippen LogP contribution in [-0.2, 0) is 4.79 Å². The summed E-state index contributed by atoms with van der Waals surface area (Å²) in [6.07, 6.45) is 20.4. The van der Waals surface area contributed by atoms with Gasteiger partial charge in [0, 0.05) is 6.42 Å². The summed E-state index contributed by atoms with van der Waals surface area (Å²) < 4.78 is 0. The minimum Gasteiger partial charge on any atom is -0.393 e. The number of hydrogen-bond donors (Lipinski definition) is 2. The van der Waals surface area contributed by atoms with E-state index in [0.717, 1.165) is 32.1 Å². The molecule has 0 saturated carbocycles. The summed E-state index contributed by atoms with van der Waals surface area (Å²) in [5, 5.41) is 9.63. The normalized spacial score (nSPS) is 14.6. The highest BCUT2D eigenvalue weighted by Gasteiger charge is 2.16. The Kier molecular flexibility index (Phi) is 15.0. The van der Waals surface area contributed by atoms with Crippen LogP contribution in [0, 0.1) is 5.92 Å². The predicted octanol–water partition coefficient (Wildman–Crippen LogP) is 4.89. The molecule has 0 saturated heterocycles. The molecule has 0 aliphatic heterocycles. The van der Waals surface area contributed by atoms with Gasteiger partial charge in [0.15, 0.2) is 0 Å². The number of hydrogen-bond acceptors (Lipinski definition) is 2. The van der Waals surface area contributed by atoms with E-state index in [1.54, 1.807) is 6.92 Å². The lowest BCUT2D eigenvalue weighted by Crippen LogP contribution is -2.24. The summed E-state index contributed by atoms with van der Waals surface area (Å²) in [5.41, 5.74) is 5.21. The van der Waals surface area contributed by atoms with Gasteiger partial charge in [-0.3, -0.25) is 4.79 Å². The lowest BCUT2D eigenvalue weighted by atomic mass is 9.92. The van der Waals surface area contributed by atoms with Crippen molar-refractivity contribution in [1.29, 1.82) is 0 Å². The molecule has 3 nitrogen and oxygen atoms in total. The van der Waals surface area contributed by atoms with Gasteiger partial charge in [0.2, 0.25) is 5.91 Å². The second-order valence-corrected chi connectivity index (χ2v) is 6.48. The molecule has 0 spiro atoms. The summed E-state index contributed by atoms with van der Waals surface area (Å²) in [4.78, 5) is 10.9. The maximum absolute atomic E-state index is 10.9. The van der Waals surface area contributed by atoms with Crippen LogP contribution in [0.3, 0.4) is 0 Å². The molecule has 2 atom stereocenters. The molecule has 1 amide bonds. The van der Waals surface area contributed by atoms with Crippen LogP contribution in [0.15, 0.2) is 24.3 Å². The van der Waals surface area contributed by atoms with Crippen LogP contribution in [0.2, 0.25) is 0 Å². The largest absolute Gasteiger partial charge is 0.393 e. The highest BCUT2D eigenvalue weighted by atomic mass is 16.3. The number of amides is 1. The van der Waals surface area contributed by atoms with Gasteiger partial charge in [-0.2, -0.15) is 0 Å².